The molecule has 3 rings (SSSR count). The van der Waals surface area contributed by atoms with Crippen molar-refractivity contribution in [3.8, 4) is 0 Å². The zero-order valence-corrected chi connectivity index (χ0v) is 12.7. The Morgan fingerprint density at radius 2 is 2.19 bits per heavy atom. The second-order valence-corrected chi connectivity index (χ2v) is 5.93. The van der Waals surface area contributed by atoms with Gasteiger partial charge in [0, 0.05) is 45.4 Å². The quantitative estimate of drug-likeness (QED) is 0.844. The Labute approximate surface area is 125 Å². The predicted octanol–water partition coefficient (Wildman–Crippen LogP) is 2.22. The Kier molecular flexibility index (Phi) is 3.97. The second-order valence-electron chi connectivity index (χ2n) is 5.93. The number of ether oxygens (including phenoxy) is 1. The Hall–Kier alpha value is -1.81. The largest absolute Gasteiger partial charge is 0.383 e. The summed E-state index contributed by atoms with van der Waals surface area (Å²) in [7, 11) is 3.73. The molecule has 4 nitrogen and oxygen atoms in total. The molecule has 1 aromatic heterocycles. The van der Waals surface area contributed by atoms with Crippen molar-refractivity contribution < 1.29 is 9.53 Å². The second kappa shape index (κ2) is 5.90. The van der Waals surface area contributed by atoms with Crippen molar-refractivity contribution in [2.24, 2.45) is 13.0 Å². The van der Waals surface area contributed by atoms with Gasteiger partial charge in [0.2, 0.25) is 5.91 Å². The van der Waals surface area contributed by atoms with Gasteiger partial charge in [0.25, 0.3) is 0 Å². The summed E-state index contributed by atoms with van der Waals surface area (Å²) < 4.78 is 7.19. The van der Waals surface area contributed by atoms with Gasteiger partial charge in [0.05, 0.1) is 6.61 Å². The Balaban J connectivity index is 1.67. The summed E-state index contributed by atoms with van der Waals surface area (Å²) in [5, 5.41) is 1.27. The molecule has 0 spiro atoms. The molecule has 2 aromatic rings. The summed E-state index contributed by atoms with van der Waals surface area (Å²) in [5.41, 5.74) is 2.57. The maximum atomic E-state index is 12.0. The Morgan fingerprint density at radius 3 is 3.00 bits per heavy atom. The van der Waals surface area contributed by atoms with Gasteiger partial charge in [-0.1, -0.05) is 6.07 Å². The number of fused-ring (bicyclic) bond motifs is 1. The highest BCUT2D eigenvalue weighted by molar-refractivity contribution is 5.81. The molecule has 0 unspecified atom stereocenters. The van der Waals surface area contributed by atoms with Gasteiger partial charge >= 0.3 is 0 Å². The first-order valence-corrected chi connectivity index (χ1v) is 7.48. The van der Waals surface area contributed by atoms with Crippen molar-refractivity contribution in [3.05, 3.63) is 36.0 Å². The monoisotopic (exact) mass is 286 g/mol. The van der Waals surface area contributed by atoms with Gasteiger partial charge in [-0.15, -0.1) is 0 Å². The SMILES string of the molecule is COCCN1C[C@@H](Cc2ccc3c(ccn3C)c2)CC1=O. The molecule has 0 saturated carbocycles. The number of carbonyl (C=O) groups is 1. The van der Waals surface area contributed by atoms with Crippen LogP contribution in [0.4, 0.5) is 0 Å². The van der Waals surface area contributed by atoms with Gasteiger partial charge in [-0.25, -0.2) is 0 Å². The fraction of sp³-hybridized carbons (Fsp3) is 0.471. The van der Waals surface area contributed by atoms with Gasteiger partial charge in [0.1, 0.15) is 0 Å². The minimum Gasteiger partial charge on any atom is -0.383 e. The number of carbonyl (C=O) groups excluding carboxylic acids is 1. The Morgan fingerprint density at radius 1 is 1.33 bits per heavy atom. The van der Waals surface area contributed by atoms with E-state index < -0.39 is 0 Å². The number of nitrogens with zero attached hydrogens (tertiary/aromatic N) is 2. The van der Waals surface area contributed by atoms with E-state index in [9.17, 15) is 4.79 Å². The van der Waals surface area contributed by atoms with Gasteiger partial charge in [-0.05, 0) is 41.5 Å². The molecule has 0 N–H and O–H groups in total. The van der Waals surface area contributed by atoms with Gasteiger partial charge in [-0.3, -0.25) is 4.79 Å². The van der Waals surface area contributed by atoms with E-state index in [1.807, 2.05) is 4.90 Å². The highest BCUT2D eigenvalue weighted by Gasteiger charge is 2.29. The van der Waals surface area contributed by atoms with Gasteiger partial charge < -0.3 is 14.2 Å². The summed E-state index contributed by atoms with van der Waals surface area (Å²) in [6.45, 7) is 2.19. The van der Waals surface area contributed by atoms with Crippen LogP contribution in [-0.4, -0.2) is 42.2 Å². The van der Waals surface area contributed by atoms with Crippen molar-refractivity contribution >= 4 is 16.8 Å². The molecule has 0 aliphatic carbocycles. The van der Waals surface area contributed by atoms with E-state index in [2.05, 4.69) is 42.1 Å². The maximum absolute atomic E-state index is 12.0. The van der Waals surface area contributed by atoms with Crippen molar-refractivity contribution in [1.82, 2.24) is 9.47 Å². The average Bonchev–Trinajstić information content (AvgIpc) is 3.00. The lowest BCUT2D eigenvalue weighted by atomic mass is 9.98. The lowest BCUT2D eigenvalue weighted by molar-refractivity contribution is -0.128. The lowest BCUT2D eigenvalue weighted by Gasteiger charge is -2.16. The number of amides is 1. The standard InChI is InChI=1S/C17H22N2O2/c1-18-6-5-15-10-13(3-4-16(15)18)9-14-11-17(20)19(12-14)7-8-21-2/h3-6,10,14H,7-9,11-12H2,1-2H3/t14-/m0/s1. The van der Waals surface area contributed by atoms with Crippen LogP contribution in [0.25, 0.3) is 10.9 Å². The number of aryl methyl sites for hydroxylation is 1. The molecule has 112 valence electrons. The van der Waals surface area contributed by atoms with E-state index in [4.69, 9.17) is 4.74 Å². The third kappa shape index (κ3) is 2.95. The van der Waals surface area contributed by atoms with E-state index in [1.54, 1.807) is 7.11 Å². The average molecular weight is 286 g/mol. The minimum atomic E-state index is 0.262. The smallest absolute Gasteiger partial charge is 0.223 e. The van der Waals surface area contributed by atoms with E-state index in [1.165, 1.54) is 16.5 Å². The van der Waals surface area contributed by atoms with Crippen molar-refractivity contribution in [3.63, 3.8) is 0 Å². The van der Waals surface area contributed by atoms with E-state index in [0.717, 1.165) is 13.0 Å². The molecule has 21 heavy (non-hydrogen) atoms. The lowest BCUT2D eigenvalue weighted by Crippen LogP contribution is -2.28. The molecule has 1 atom stereocenters. The molecule has 4 heteroatoms. The maximum Gasteiger partial charge on any atom is 0.223 e. The van der Waals surface area contributed by atoms with Gasteiger partial charge in [-0.2, -0.15) is 0 Å². The third-order valence-corrected chi connectivity index (χ3v) is 4.33. The van der Waals surface area contributed by atoms with E-state index in [-0.39, 0.29) is 5.91 Å². The number of likely N-dealkylation sites (tertiary alicyclic amines) is 1. The van der Waals surface area contributed by atoms with Crippen LogP contribution in [0.3, 0.4) is 0 Å². The summed E-state index contributed by atoms with van der Waals surface area (Å²) in [6.07, 6.45) is 3.72. The summed E-state index contributed by atoms with van der Waals surface area (Å²) in [4.78, 5) is 13.9. The molecule has 0 bridgehead atoms. The van der Waals surface area contributed by atoms with Crippen molar-refractivity contribution in [2.75, 3.05) is 26.8 Å². The summed E-state index contributed by atoms with van der Waals surface area (Å²) in [6, 6.07) is 8.75. The Bertz CT molecular complexity index is 647. The number of benzene rings is 1. The first-order chi connectivity index (χ1) is 10.2. The fourth-order valence-electron chi connectivity index (χ4n) is 3.20. The predicted molar refractivity (Wildman–Crippen MR) is 83.2 cm³/mol. The van der Waals surface area contributed by atoms with Gasteiger partial charge in [0.15, 0.2) is 0 Å². The number of hydrogen-bond acceptors (Lipinski definition) is 2. The first-order valence-electron chi connectivity index (χ1n) is 7.48. The molecule has 1 aliphatic heterocycles. The van der Waals surface area contributed by atoms with E-state index >= 15 is 0 Å². The minimum absolute atomic E-state index is 0.262. The third-order valence-electron chi connectivity index (χ3n) is 4.33. The molecule has 1 aromatic carbocycles. The molecule has 0 radical (unpaired) electrons. The van der Waals surface area contributed by atoms with Crippen molar-refractivity contribution in [2.45, 2.75) is 12.8 Å². The topological polar surface area (TPSA) is 34.5 Å². The number of hydrogen-bond donors (Lipinski definition) is 0. The normalized spacial score (nSPS) is 18.9. The highest BCUT2D eigenvalue weighted by atomic mass is 16.5. The summed E-state index contributed by atoms with van der Waals surface area (Å²) in [5.74, 6) is 0.688. The van der Waals surface area contributed by atoms with Crippen LogP contribution in [-0.2, 0) is 23.0 Å². The van der Waals surface area contributed by atoms with Crippen molar-refractivity contribution in [1.29, 1.82) is 0 Å². The van der Waals surface area contributed by atoms with Crippen LogP contribution in [0.15, 0.2) is 30.5 Å². The molecule has 1 saturated heterocycles. The van der Waals surface area contributed by atoms with Crippen LogP contribution in [0, 0.1) is 5.92 Å². The molecule has 2 heterocycles. The molecule has 1 amide bonds. The van der Waals surface area contributed by atoms with Crippen LogP contribution in [0.5, 0.6) is 0 Å². The first kappa shape index (κ1) is 14.1. The van der Waals surface area contributed by atoms with Crippen LogP contribution >= 0.6 is 0 Å². The van der Waals surface area contributed by atoms with Crippen LogP contribution < -0.4 is 0 Å². The number of aromatic nitrogens is 1. The van der Waals surface area contributed by atoms with Crippen LogP contribution in [0.1, 0.15) is 12.0 Å². The zero-order valence-electron chi connectivity index (χ0n) is 12.7. The molecular weight excluding hydrogens is 264 g/mol. The number of methoxy groups -OCH3 is 1. The fourth-order valence-corrected chi connectivity index (χ4v) is 3.20. The molecule has 1 aliphatic rings. The summed E-state index contributed by atoms with van der Waals surface area (Å²) >= 11 is 0. The molecular formula is C17H22N2O2. The zero-order chi connectivity index (χ0) is 14.8. The number of rotatable bonds is 5. The highest BCUT2D eigenvalue weighted by Crippen LogP contribution is 2.24. The van der Waals surface area contributed by atoms with E-state index in [0.29, 0.717) is 25.5 Å². The van der Waals surface area contributed by atoms with Crippen LogP contribution in [0.2, 0.25) is 0 Å². The molecule has 1 fully saturated rings.